The number of nitrogens with zero attached hydrogens (tertiary/aromatic N) is 1. The number of ether oxygens (including phenoxy) is 1. The minimum atomic E-state index is -1.00. The van der Waals surface area contributed by atoms with Crippen molar-refractivity contribution in [2.24, 2.45) is 50.1 Å². The molecule has 3 fully saturated rings. The summed E-state index contributed by atoms with van der Waals surface area (Å²) >= 11 is 0. The predicted molar refractivity (Wildman–Crippen MR) is 164 cm³/mol. The summed E-state index contributed by atoms with van der Waals surface area (Å²) in [5.41, 5.74) is 3.50. The highest BCUT2D eigenvalue weighted by Gasteiger charge is 2.73. The van der Waals surface area contributed by atoms with Gasteiger partial charge in [0.15, 0.2) is 29.7 Å². The molecule has 2 unspecified atom stereocenters. The van der Waals surface area contributed by atoms with Gasteiger partial charge in [0.1, 0.15) is 6.07 Å². The van der Waals surface area contributed by atoms with Gasteiger partial charge in [-0.3, -0.25) is 14.4 Å². The second-order valence-electron chi connectivity index (χ2n) is 16.6. The molecule has 1 aromatic rings. The molecule has 1 heterocycles. The van der Waals surface area contributed by atoms with Crippen molar-refractivity contribution in [3.8, 4) is 6.07 Å². The number of nitriles is 1. The lowest BCUT2D eigenvalue weighted by atomic mass is 9.33. The van der Waals surface area contributed by atoms with E-state index in [1.165, 1.54) is 0 Å². The zero-order valence-corrected chi connectivity index (χ0v) is 27.8. The Labute approximate surface area is 264 Å². The number of hydrogen-bond acceptors (Lipinski definition) is 9. The average Bonchev–Trinajstić information content (AvgIpc) is 3.29. The van der Waals surface area contributed by atoms with Crippen LogP contribution < -0.4 is 11.6 Å². The van der Waals surface area contributed by atoms with E-state index >= 15 is 0 Å². The van der Waals surface area contributed by atoms with Crippen LogP contribution in [-0.4, -0.2) is 23.1 Å². The Hall–Kier alpha value is -3.25. The summed E-state index contributed by atoms with van der Waals surface area (Å²) < 4.78 is 15.9. The third-order valence-electron chi connectivity index (χ3n) is 13.9. The molecule has 3 saturated carbocycles. The molecule has 0 aliphatic heterocycles. The lowest BCUT2D eigenvalue weighted by molar-refractivity contribution is -0.194. The molecule has 242 valence electrons. The van der Waals surface area contributed by atoms with Gasteiger partial charge in [-0.05, 0) is 85.7 Å². The van der Waals surface area contributed by atoms with E-state index in [9.17, 15) is 24.4 Å². The minimum absolute atomic E-state index is 0.0201. The Morgan fingerprint density at radius 1 is 1.00 bits per heavy atom. The fourth-order valence-electron chi connectivity index (χ4n) is 10.7. The molecule has 0 amide bonds. The number of nitrogens with two attached hydrogens (primary N) is 1. The number of Topliss-reactive ketones (excluding diaryl/α,β-unsaturated/α-hetero) is 1. The number of rotatable bonds is 3. The van der Waals surface area contributed by atoms with Crippen LogP contribution in [0.1, 0.15) is 105 Å². The zero-order chi connectivity index (χ0) is 33.2. The van der Waals surface area contributed by atoms with Crippen molar-refractivity contribution in [1.29, 1.82) is 5.26 Å². The molecule has 0 radical (unpaired) electrons. The van der Waals surface area contributed by atoms with Crippen molar-refractivity contribution in [2.45, 2.75) is 112 Å². The second kappa shape index (κ2) is 9.40. The third-order valence-corrected chi connectivity index (χ3v) is 13.9. The number of esters is 1. The number of fused-ring (bicyclic) bond motifs is 7. The molecule has 6 rings (SSSR count). The van der Waals surface area contributed by atoms with Crippen molar-refractivity contribution in [1.82, 2.24) is 0 Å². The smallest absolute Gasteiger partial charge is 0.457 e. The maximum atomic E-state index is 14.7. The molecule has 5 aliphatic carbocycles. The lowest BCUT2D eigenvalue weighted by Crippen LogP contribution is -2.74. The van der Waals surface area contributed by atoms with Crippen LogP contribution in [0.2, 0.25) is 0 Å². The molecular weight excluding hydrogens is 572 g/mol. The number of carbonyl (C=O) groups excluding carboxylic acids is 3. The largest absolute Gasteiger partial charge is 0.519 e. The first-order valence-corrected chi connectivity index (χ1v) is 16.2. The number of carbonyl (C=O) groups is 3. The first-order valence-electron chi connectivity index (χ1n) is 16.2. The second-order valence-corrected chi connectivity index (χ2v) is 16.6. The summed E-state index contributed by atoms with van der Waals surface area (Å²) in [5, 5.41) is 9.99. The molecule has 2 N–H and O–H groups in total. The van der Waals surface area contributed by atoms with Crippen LogP contribution >= 0.6 is 0 Å². The van der Waals surface area contributed by atoms with Gasteiger partial charge in [-0.2, -0.15) is 5.26 Å². The highest BCUT2D eigenvalue weighted by molar-refractivity contribution is 6.06. The summed E-state index contributed by atoms with van der Waals surface area (Å²) in [4.78, 5) is 53.9. The van der Waals surface area contributed by atoms with E-state index in [4.69, 9.17) is 19.3 Å². The normalized spacial score (nSPS) is 41.3. The molecule has 45 heavy (non-hydrogen) atoms. The van der Waals surface area contributed by atoms with Crippen molar-refractivity contribution in [3.63, 3.8) is 0 Å². The zero-order valence-electron chi connectivity index (χ0n) is 27.8. The van der Waals surface area contributed by atoms with Gasteiger partial charge in [-0.15, -0.1) is 0 Å². The highest BCUT2D eigenvalue weighted by atomic mass is 16.6. The van der Waals surface area contributed by atoms with Gasteiger partial charge in [-0.1, -0.05) is 54.5 Å². The van der Waals surface area contributed by atoms with E-state index in [-0.39, 0.29) is 52.6 Å². The Bertz CT molecular complexity index is 1680. The molecule has 0 aromatic carbocycles. The SMILES string of the molecule is Cc1oc(=O)oc1COC(=O)[C@]12CCC(C)(C)CC1C1C(=O)C=C3[C@@]4(C)C=C(C#N)C(=O)C(C)(C)[C@]4(N)CC[C@@]3(C)[C@]1(C)CC2. The van der Waals surface area contributed by atoms with Crippen molar-refractivity contribution >= 4 is 17.5 Å². The Morgan fingerprint density at radius 3 is 2.29 bits per heavy atom. The highest BCUT2D eigenvalue weighted by Crippen LogP contribution is 2.75. The summed E-state index contributed by atoms with van der Waals surface area (Å²) in [7, 11) is 0. The van der Waals surface area contributed by atoms with E-state index in [1.807, 2.05) is 20.8 Å². The minimum Gasteiger partial charge on any atom is -0.457 e. The Kier molecular flexibility index (Phi) is 6.63. The molecule has 0 spiro atoms. The molecule has 0 saturated heterocycles. The van der Waals surface area contributed by atoms with E-state index < -0.39 is 44.4 Å². The van der Waals surface area contributed by atoms with Crippen molar-refractivity contribution < 1.29 is 28.0 Å². The van der Waals surface area contributed by atoms with Crippen LogP contribution in [0, 0.1) is 62.6 Å². The number of hydrogen-bond donors (Lipinski definition) is 1. The fourth-order valence-corrected chi connectivity index (χ4v) is 10.7. The first-order chi connectivity index (χ1) is 20.7. The molecule has 9 heteroatoms. The van der Waals surface area contributed by atoms with Crippen LogP contribution in [0.15, 0.2) is 36.9 Å². The van der Waals surface area contributed by atoms with Crippen molar-refractivity contribution in [2.75, 3.05) is 0 Å². The van der Waals surface area contributed by atoms with Gasteiger partial charge in [-0.25, -0.2) is 4.79 Å². The van der Waals surface area contributed by atoms with Crippen LogP contribution in [0.5, 0.6) is 0 Å². The van der Waals surface area contributed by atoms with Gasteiger partial charge in [0.2, 0.25) is 0 Å². The molecule has 1 aromatic heterocycles. The van der Waals surface area contributed by atoms with E-state index in [1.54, 1.807) is 19.1 Å². The fraction of sp³-hybridized carbons (Fsp3) is 0.694. The first kappa shape index (κ1) is 31.7. The van der Waals surface area contributed by atoms with Crippen LogP contribution in [0.3, 0.4) is 0 Å². The summed E-state index contributed by atoms with van der Waals surface area (Å²) in [6.45, 7) is 15.9. The Morgan fingerprint density at radius 2 is 1.67 bits per heavy atom. The van der Waals surface area contributed by atoms with Gasteiger partial charge in [0.25, 0.3) is 0 Å². The van der Waals surface area contributed by atoms with Gasteiger partial charge >= 0.3 is 11.8 Å². The van der Waals surface area contributed by atoms with E-state index in [0.717, 1.165) is 12.0 Å². The van der Waals surface area contributed by atoms with Crippen LogP contribution in [0.4, 0.5) is 0 Å². The van der Waals surface area contributed by atoms with Gasteiger partial charge in [0, 0.05) is 22.3 Å². The number of aryl methyl sites for hydroxylation is 1. The summed E-state index contributed by atoms with van der Waals surface area (Å²) in [6, 6.07) is 2.12. The monoisotopic (exact) mass is 618 g/mol. The quantitative estimate of drug-likeness (QED) is 0.409. The molecule has 7 atom stereocenters. The predicted octanol–water partition coefficient (Wildman–Crippen LogP) is 5.89. The van der Waals surface area contributed by atoms with Crippen LogP contribution in [-0.2, 0) is 25.7 Å². The standard InChI is InChI=1S/C36H46N2O7/c1-20-24(45-29(42)44-20)19-43-28(41)35-12-9-30(2,3)17-22(35)26-23(39)15-25-32(6,33(26,7)10-13-35)11-14-36(38)31(4,5)27(40)21(18-37)16-34(25,36)8/h15-16,22,26H,9-14,17,19,38H2,1-8H3/t22?,26?,32-,33-,34-,35+,36-/m1/s1. The average molecular weight is 619 g/mol. The van der Waals surface area contributed by atoms with Crippen LogP contribution in [0.25, 0.3) is 0 Å². The van der Waals surface area contributed by atoms with Gasteiger partial charge in [0.05, 0.1) is 11.0 Å². The number of ketones is 2. The lowest BCUT2D eigenvalue weighted by Gasteiger charge is -2.70. The maximum absolute atomic E-state index is 14.7. The van der Waals surface area contributed by atoms with Crippen molar-refractivity contribution in [3.05, 3.63) is 45.4 Å². The van der Waals surface area contributed by atoms with E-state index in [2.05, 4.69) is 33.8 Å². The Balaban J connectivity index is 1.46. The molecule has 9 nitrogen and oxygen atoms in total. The summed E-state index contributed by atoms with van der Waals surface area (Å²) in [6.07, 6.45) is 8.09. The molecule has 0 bridgehead atoms. The topological polar surface area (TPSA) is 154 Å². The maximum Gasteiger partial charge on any atom is 0.519 e. The molecule has 5 aliphatic rings. The van der Waals surface area contributed by atoms with Gasteiger partial charge < -0.3 is 19.3 Å². The number of allylic oxidation sites excluding steroid dienone is 2. The summed E-state index contributed by atoms with van der Waals surface area (Å²) in [5.74, 6) is -1.68. The third kappa shape index (κ3) is 3.87. The molecular formula is C36H46N2O7. The van der Waals surface area contributed by atoms with E-state index in [0.29, 0.717) is 38.5 Å².